The third-order valence-electron chi connectivity index (χ3n) is 2.68. The van der Waals surface area contributed by atoms with E-state index in [1.54, 1.807) is 7.11 Å². The van der Waals surface area contributed by atoms with Crippen LogP contribution in [0.1, 0.15) is 30.4 Å². The highest BCUT2D eigenvalue weighted by Gasteiger charge is 2.09. The maximum absolute atomic E-state index is 5.14. The van der Waals surface area contributed by atoms with Gasteiger partial charge in [0.05, 0.1) is 7.11 Å². The number of aliphatic imine (C=N–C) groups is 1. The van der Waals surface area contributed by atoms with E-state index in [0.717, 1.165) is 24.1 Å². The molecule has 2 rings (SSSR count). The fourth-order valence-electron chi connectivity index (χ4n) is 1.87. The summed E-state index contributed by atoms with van der Waals surface area (Å²) in [7, 11) is 1.65. The molecule has 1 aromatic heterocycles. The van der Waals surface area contributed by atoms with E-state index < -0.39 is 0 Å². The number of ether oxygens (including phenoxy) is 1. The van der Waals surface area contributed by atoms with E-state index in [9.17, 15) is 0 Å². The molecule has 3 heteroatoms. The number of aromatic nitrogens is 1. The van der Waals surface area contributed by atoms with Crippen molar-refractivity contribution in [1.29, 1.82) is 0 Å². The smallest absolute Gasteiger partial charge is 0.215 e. The lowest BCUT2D eigenvalue weighted by Gasteiger charge is -2.12. The summed E-state index contributed by atoms with van der Waals surface area (Å²) >= 11 is 0. The highest BCUT2D eigenvalue weighted by atomic mass is 16.5. The van der Waals surface area contributed by atoms with Crippen LogP contribution in [-0.2, 0) is 0 Å². The highest BCUT2D eigenvalue weighted by Crippen LogP contribution is 2.18. The lowest BCUT2D eigenvalue weighted by Crippen LogP contribution is -2.08. The second-order valence-electron chi connectivity index (χ2n) is 3.84. The van der Waals surface area contributed by atoms with Gasteiger partial charge in [-0.15, -0.1) is 0 Å². The summed E-state index contributed by atoms with van der Waals surface area (Å²) in [6.07, 6.45) is 5.39. The number of methoxy groups -OCH3 is 1. The number of pyridine rings is 1. The summed E-state index contributed by atoms with van der Waals surface area (Å²) in [6.45, 7) is 2.97. The first-order valence-electron chi connectivity index (χ1n) is 5.35. The van der Waals surface area contributed by atoms with Gasteiger partial charge in [0.25, 0.3) is 0 Å². The van der Waals surface area contributed by atoms with Crippen molar-refractivity contribution in [3.8, 4) is 5.88 Å². The zero-order chi connectivity index (χ0) is 10.7. The van der Waals surface area contributed by atoms with Gasteiger partial charge in [0.15, 0.2) is 0 Å². The minimum Gasteiger partial charge on any atom is -0.481 e. The molecule has 1 aliphatic heterocycles. The topological polar surface area (TPSA) is 34.5 Å². The van der Waals surface area contributed by atoms with E-state index in [1.807, 2.05) is 13.1 Å². The largest absolute Gasteiger partial charge is 0.481 e. The molecule has 15 heavy (non-hydrogen) atoms. The first-order chi connectivity index (χ1) is 7.31. The molecule has 0 fully saturated rings. The van der Waals surface area contributed by atoms with Gasteiger partial charge in [-0.2, -0.15) is 0 Å². The Morgan fingerprint density at radius 2 is 2.20 bits per heavy atom. The van der Waals surface area contributed by atoms with E-state index >= 15 is 0 Å². The van der Waals surface area contributed by atoms with Crippen molar-refractivity contribution in [2.45, 2.75) is 26.2 Å². The summed E-state index contributed by atoms with van der Waals surface area (Å²) < 4.78 is 5.14. The predicted molar refractivity (Wildman–Crippen MR) is 60.8 cm³/mol. The van der Waals surface area contributed by atoms with Gasteiger partial charge in [-0.3, -0.25) is 4.99 Å². The third kappa shape index (κ3) is 2.17. The van der Waals surface area contributed by atoms with Crippen LogP contribution in [0.5, 0.6) is 5.88 Å². The Bertz CT molecular complexity index is 385. The summed E-state index contributed by atoms with van der Waals surface area (Å²) in [5.41, 5.74) is 3.41. The lowest BCUT2D eigenvalue weighted by atomic mass is 10.0. The molecule has 0 aliphatic carbocycles. The summed E-state index contributed by atoms with van der Waals surface area (Å²) in [4.78, 5) is 8.80. The Morgan fingerprint density at radius 1 is 1.33 bits per heavy atom. The van der Waals surface area contributed by atoms with E-state index in [-0.39, 0.29) is 0 Å². The standard InChI is InChI=1S/C12H16N2O/c1-9-7-10(8-14-12(9)15-2)11-5-3-4-6-13-11/h7-8H,3-6H2,1-2H3. The van der Waals surface area contributed by atoms with Crippen LogP contribution in [0.4, 0.5) is 0 Å². The molecule has 0 saturated carbocycles. The van der Waals surface area contributed by atoms with Crippen LogP contribution < -0.4 is 4.74 Å². The zero-order valence-electron chi connectivity index (χ0n) is 9.29. The van der Waals surface area contributed by atoms with Crippen molar-refractivity contribution in [1.82, 2.24) is 4.98 Å². The molecule has 1 aromatic rings. The number of rotatable bonds is 2. The van der Waals surface area contributed by atoms with Gasteiger partial charge in [0, 0.05) is 29.6 Å². The van der Waals surface area contributed by atoms with Gasteiger partial charge in [-0.05, 0) is 32.3 Å². The van der Waals surface area contributed by atoms with Crippen LogP contribution in [0.3, 0.4) is 0 Å². The molecule has 0 atom stereocenters. The molecule has 0 amide bonds. The first-order valence-corrected chi connectivity index (χ1v) is 5.35. The van der Waals surface area contributed by atoms with Gasteiger partial charge in [-0.25, -0.2) is 4.98 Å². The van der Waals surface area contributed by atoms with Gasteiger partial charge in [0.1, 0.15) is 0 Å². The lowest BCUT2D eigenvalue weighted by molar-refractivity contribution is 0.394. The van der Waals surface area contributed by atoms with Crippen LogP contribution in [0, 0.1) is 6.92 Å². The van der Waals surface area contributed by atoms with Gasteiger partial charge < -0.3 is 4.74 Å². The number of aryl methyl sites for hydroxylation is 1. The minimum absolute atomic E-state index is 0.704. The minimum atomic E-state index is 0.704. The molecular formula is C12H16N2O. The Labute approximate surface area is 90.2 Å². The zero-order valence-corrected chi connectivity index (χ0v) is 9.29. The number of hydrogen-bond acceptors (Lipinski definition) is 3. The van der Waals surface area contributed by atoms with Gasteiger partial charge in [0.2, 0.25) is 5.88 Å². The molecule has 0 radical (unpaired) electrons. The average Bonchev–Trinajstić information content (AvgIpc) is 2.30. The molecule has 3 nitrogen and oxygen atoms in total. The number of nitrogens with zero attached hydrogens (tertiary/aromatic N) is 2. The Morgan fingerprint density at radius 3 is 2.80 bits per heavy atom. The first kappa shape index (κ1) is 10.1. The van der Waals surface area contributed by atoms with Crippen molar-refractivity contribution in [2.24, 2.45) is 4.99 Å². The molecule has 0 spiro atoms. The van der Waals surface area contributed by atoms with Crippen LogP contribution in [0.15, 0.2) is 17.3 Å². The highest BCUT2D eigenvalue weighted by molar-refractivity contribution is 6.00. The van der Waals surface area contributed by atoms with Crippen molar-refractivity contribution >= 4 is 5.71 Å². The van der Waals surface area contributed by atoms with E-state index in [2.05, 4.69) is 16.0 Å². The molecule has 1 aliphatic rings. The van der Waals surface area contributed by atoms with Crippen molar-refractivity contribution in [3.05, 3.63) is 23.4 Å². The molecular weight excluding hydrogens is 188 g/mol. The summed E-state index contributed by atoms with van der Waals surface area (Å²) in [5, 5.41) is 0. The second kappa shape index (κ2) is 4.43. The van der Waals surface area contributed by atoms with Crippen molar-refractivity contribution < 1.29 is 4.74 Å². The number of hydrogen-bond donors (Lipinski definition) is 0. The molecule has 80 valence electrons. The maximum Gasteiger partial charge on any atom is 0.215 e. The maximum atomic E-state index is 5.14. The van der Waals surface area contributed by atoms with Crippen LogP contribution in [-0.4, -0.2) is 24.4 Å². The van der Waals surface area contributed by atoms with Gasteiger partial charge >= 0.3 is 0 Å². The fraction of sp³-hybridized carbons (Fsp3) is 0.500. The van der Waals surface area contributed by atoms with Crippen molar-refractivity contribution in [3.63, 3.8) is 0 Å². The fourth-order valence-corrected chi connectivity index (χ4v) is 1.87. The second-order valence-corrected chi connectivity index (χ2v) is 3.84. The molecule has 0 saturated heterocycles. The average molecular weight is 204 g/mol. The molecule has 0 N–H and O–H groups in total. The van der Waals surface area contributed by atoms with Gasteiger partial charge in [-0.1, -0.05) is 0 Å². The quantitative estimate of drug-likeness (QED) is 0.741. The predicted octanol–water partition coefficient (Wildman–Crippen LogP) is 2.37. The Kier molecular flexibility index (Phi) is 2.99. The Hall–Kier alpha value is -1.38. The summed E-state index contributed by atoms with van der Waals surface area (Å²) in [6, 6.07) is 2.11. The molecule has 0 aromatic carbocycles. The van der Waals surface area contributed by atoms with Crippen LogP contribution in [0.25, 0.3) is 0 Å². The van der Waals surface area contributed by atoms with Crippen LogP contribution >= 0.6 is 0 Å². The third-order valence-corrected chi connectivity index (χ3v) is 2.68. The van der Waals surface area contributed by atoms with E-state index in [4.69, 9.17) is 4.74 Å². The summed E-state index contributed by atoms with van der Waals surface area (Å²) in [5.74, 6) is 0.704. The Balaban J connectivity index is 2.29. The van der Waals surface area contributed by atoms with E-state index in [1.165, 1.54) is 18.6 Å². The molecule has 0 bridgehead atoms. The monoisotopic (exact) mass is 204 g/mol. The van der Waals surface area contributed by atoms with Crippen LogP contribution in [0.2, 0.25) is 0 Å². The van der Waals surface area contributed by atoms with Crippen molar-refractivity contribution in [2.75, 3.05) is 13.7 Å². The van der Waals surface area contributed by atoms with E-state index in [0.29, 0.717) is 5.88 Å². The SMILES string of the molecule is COc1ncc(C2=NCCCC2)cc1C. The molecule has 2 heterocycles. The normalized spacial score (nSPS) is 16.0. The molecule has 0 unspecified atom stereocenters.